The van der Waals surface area contributed by atoms with Crippen molar-refractivity contribution in [2.24, 2.45) is 7.05 Å². The quantitative estimate of drug-likeness (QED) is 0.907. The molecule has 7 nitrogen and oxygen atoms in total. The van der Waals surface area contributed by atoms with Crippen molar-refractivity contribution in [3.63, 3.8) is 0 Å². The molecule has 1 aromatic carbocycles. The Labute approximate surface area is 131 Å². The number of carbonyl (C=O) groups excluding carboxylic acids is 1. The summed E-state index contributed by atoms with van der Waals surface area (Å²) in [5, 5.41) is 17.4. The molecule has 0 radical (unpaired) electrons. The number of anilines is 1. The Morgan fingerprint density at radius 2 is 2.05 bits per heavy atom. The molecule has 0 spiro atoms. The average molecular weight is 329 g/mol. The zero-order valence-electron chi connectivity index (χ0n) is 11.7. The van der Waals surface area contributed by atoms with Gasteiger partial charge in [-0.3, -0.25) is 0 Å². The zero-order chi connectivity index (χ0) is 15.6. The first-order valence-electron chi connectivity index (χ1n) is 6.14. The van der Waals surface area contributed by atoms with Gasteiger partial charge < -0.3 is 10.6 Å². The molecule has 21 heavy (non-hydrogen) atoms. The predicted molar refractivity (Wildman–Crippen MR) is 80.6 cm³/mol. The molecule has 2 N–H and O–H groups in total. The van der Waals surface area contributed by atoms with Gasteiger partial charge in [-0.15, -0.1) is 5.10 Å². The maximum absolute atomic E-state index is 12.0. The Bertz CT molecular complexity index is 672. The van der Waals surface area contributed by atoms with Crippen LogP contribution in [0, 0.1) is 6.92 Å². The van der Waals surface area contributed by atoms with Gasteiger partial charge in [0.2, 0.25) is 0 Å². The summed E-state index contributed by atoms with van der Waals surface area (Å²) >= 11 is 12.1. The van der Waals surface area contributed by atoms with E-state index in [0.29, 0.717) is 21.6 Å². The van der Waals surface area contributed by atoms with Gasteiger partial charge in [-0.05, 0) is 42.0 Å². The molecule has 2 rings (SSSR count). The summed E-state index contributed by atoms with van der Waals surface area (Å²) in [7, 11) is 1.70. The smallest absolute Gasteiger partial charge is 0.319 e. The third kappa shape index (κ3) is 3.62. The second kappa shape index (κ2) is 6.28. The van der Waals surface area contributed by atoms with Crippen LogP contribution in [0.15, 0.2) is 12.1 Å². The SMILES string of the molecule is Cc1cc(Cl)c(NC(=O)N[C@H](C)c2nnnn2C)cc1Cl. The highest BCUT2D eigenvalue weighted by Gasteiger charge is 2.16. The lowest BCUT2D eigenvalue weighted by Gasteiger charge is -2.14. The molecule has 1 aromatic heterocycles. The van der Waals surface area contributed by atoms with Crippen LogP contribution in [-0.4, -0.2) is 26.2 Å². The van der Waals surface area contributed by atoms with E-state index in [2.05, 4.69) is 26.2 Å². The van der Waals surface area contributed by atoms with Crippen molar-refractivity contribution in [2.45, 2.75) is 19.9 Å². The number of nitrogens with one attached hydrogen (secondary N) is 2. The fourth-order valence-electron chi connectivity index (χ4n) is 1.76. The van der Waals surface area contributed by atoms with Crippen molar-refractivity contribution in [3.8, 4) is 0 Å². The third-order valence-corrected chi connectivity index (χ3v) is 3.60. The molecule has 0 aliphatic carbocycles. The summed E-state index contributed by atoms with van der Waals surface area (Å²) in [6.07, 6.45) is 0. The number of benzene rings is 1. The molecule has 0 saturated heterocycles. The molecule has 0 aliphatic rings. The van der Waals surface area contributed by atoms with Crippen molar-refractivity contribution in [1.82, 2.24) is 25.5 Å². The molecule has 0 unspecified atom stereocenters. The zero-order valence-corrected chi connectivity index (χ0v) is 13.2. The lowest BCUT2D eigenvalue weighted by atomic mass is 10.2. The largest absolute Gasteiger partial charge is 0.328 e. The fraction of sp³-hybridized carbons (Fsp3) is 0.333. The van der Waals surface area contributed by atoms with Gasteiger partial charge in [0.25, 0.3) is 0 Å². The molecule has 1 heterocycles. The Balaban J connectivity index is 2.05. The van der Waals surface area contributed by atoms with Gasteiger partial charge in [-0.2, -0.15) is 0 Å². The number of urea groups is 1. The van der Waals surface area contributed by atoms with Gasteiger partial charge in [0.1, 0.15) is 0 Å². The van der Waals surface area contributed by atoms with Gasteiger partial charge >= 0.3 is 6.03 Å². The molecule has 0 saturated carbocycles. The number of rotatable bonds is 3. The lowest BCUT2D eigenvalue weighted by Crippen LogP contribution is -2.32. The van der Waals surface area contributed by atoms with Crippen LogP contribution in [0.1, 0.15) is 24.4 Å². The highest BCUT2D eigenvalue weighted by molar-refractivity contribution is 6.36. The van der Waals surface area contributed by atoms with Crippen molar-refractivity contribution in [2.75, 3.05) is 5.32 Å². The molecule has 2 amide bonds. The first kappa shape index (κ1) is 15.5. The van der Waals surface area contributed by atoms with Gasteiger partial charge in [0, 0.05) is 12.1 Å². The fourth-order valence-corrected chi connectivity index (χ4v) is 2.19. The van der Waals surface area contributed by atoms with Gasteiger partial charge in [-0.25, -0.2) is 9.48 Å². The average Bonchev–Trinajstić information content (AvgIpc) is 2.82. The number of hydrogen-bond donors (Lipinski definition) is 2. The number of tetrazole rings is 1. The van der Waals surface area contributed by atoms with E-state index in [4.69, 9.17) is 23.2 Å². The summed E-state index contributed by atoms with van der Waals surface area (Å²) < 4.78 is 1.49. The summed E-state index contributed by atoms with van der Waals surface area (Å²) in [5.41, 5.74) is 1.28. The van der Waals surface area contributed by atoms with Crippen LogP contribution in [0.3, 0.4) is 0 Å². The standard InChI is InChI=1S/C12H14Cl2N6O/c1-6-4-9(14)10(5-8(6)13)16-12(21)15-7(2)11-17-18-19-20(11)3/h4-5,7H,1-3H3,(H2,15,16,21)/t7-/m1/s1. The van der Waals surface area contributed by atoms with Gasteiger partial charge in [-0.1, -0.05) is 23.2 Å². The number of halogens is 2. The van der Waals surface area contributed by atoms with Crippen LogP contribution in [0.2, 0.25) is 10.0 Å². The van der Waals surface area contributed by atoms with Crippen LogP contribution in [-0.2, 0) is 7.05 Å². The molecule has 9 heteroatoms. The van der Waals surface area contributed by atoms with E-state index in [-0.39, 0.29) is 6.04 Å². The highest BCUT2D eigenvalue weighted by atomic mass is 35.5. The minimum atomic E-state index is -0.424. The van der Waals surface area contributed by atoms with Crippen LogP contribution in [0.25, 0.3) is 0 Å². The number of aromatic nitrogens is 4. The second-order valence-corrected chi connectivity index (χ2v) is 5.38. The number of nitrogens with zero attached hydrogens (tertiary/aromatic N) is 4. The van der Waals surface area contributed by atoms with Gasteiger partial charge in [0.05, 0.1) is 16.8 Å². The lowest BCUT2D eigenvalue weighted by molar-refractivity contribution is 0.248. The van der Waals surface area contributed by atoms with Crippen LogP contribution in [0.4, 0.5) is 10.5 Å². The van der Waals surface area contributed by atoms with Crippen molar-refractivity contribution in [3.05, 3.63) is 33.6 Å². The minimum absolute atomic E-state index is 0.357. The van der Waals surface area contributed by atoms with Crippen LogP contribution >= 0.6 is 23.2 Å². The summed E-state index contributed by atoms with van der Waals surface area (Å²) in [4.78, 5) is 12.0. The highest BCUT2D eigenvalue weighted by Crippen LogP contribution is 2.28. The summed E-state index contributed by atoms with van der Waals surface area (Å²) in [6, 6.07) is 2.51. The molecule has 0 bridgehead atoms. The third-order valence-electron chi connectivity index (χ3n) is 2.88. The molecule has 0 aliphatic heterocycles. The molecular weight excluding hydrogens is 315 g/mol. The van der Waals surface area contributed by atoms with Crippen molar-refractivity contribution in [1.29, 1.82) is 0 Å². The van der Waals surface area contributed by atoms with E-state index in [1.54, 1.807) is 26.1 Å². The Morgan fingerprint density at radius 1 is 1.33 bits per heavy atom. The number of aryl methyl sites for hydroxylation is 2. The predicted octanol–water partition coefficient (Wildman–Crippen LogP) is 2.71. The van der Waals surface area contributed by atoms with E-state index in [1.165, 1.54) is 4.68 Å². The van der Waals surface area contributed by atoms with Gasteiger partial charge in [0.15, 0.2) is 5.82 Å². The second-order valence-electron chi connectivity index (χ2n) is 4.56. The van der Waals surface area contributed by atoms with E-state index < -0.39 is 6.03 Å². The number of amides is 2. The number of hydrogen-bond acceptors (Lipinski definition) is 4. The van der Waals surface area contributed by atoms with Crippen molar-refractivity contribution >= 4 is 34.9 Å². The maximum Gasteiger partial charge on any atom is 0.319 e. The summed E-state index contributed by atoms with van der Waals surface area (Å²) in [5.74, 6) is 0.540. The first-order chi connectivity index (χ1) is 9.88. The monoisotopic (exact) mass is 328 g/mol. The molecular formula is C12H14Cl2N6O. The Kier molecular flexibility index (Phi) is 4.64. The first-order valence-corrected chi connectivity index (χ1v) is 6.89. The number of carbonyl (C=O) groups is 1. The van der Waals surface area contributed by atoms with E-state index in [0.717, 1.165) is 5.56 Å². The van der Waals surface area contributed by atoms with E-state index >= 15 is 0 Å². The van der Waals surface area contributed by atoms with Crippen LogP contribution < -0.4 is 10.6 Å². The van der Waals surface area contributed by atoms with Crippen LogP contribution in [0.5, 0.6) is 0 Å². The topological polar surface area (TPSA) is 84.7 Å². The van der Waals surface area contributed by atoms with E-state index in [9.17, 15) is 4.79 Å². The minimum Gasteiger partial charge on any atom is -0.328 e. The van der Waals surface area contributed by atoms with E-state index in [1.807, 2.05) is 6.92 Å². The summed E-state index contributed by atoms with van der Waals surface area (Å²) in [6.45, 7) is 3.61. The molecule has 0 fully saturated rings. The molecule has 2 aromatic rings. The Hall–Kier alpha value is -1.86. The Morgan fingerprint density at radius 3 is 2.67 bits per heavy atom. The molecule has 1 atom stereocenters. The molecule has 112 valence electrons. The maximum atomic E-state index is 12.0. The van der Waals surface area contributed by atoms with Crippen molar-refractivity contribution < 1.29 is 4.79 Å². The normalized spacial score (nSPS) is 12.0.